The summed E-state index contributed by atoms with van der Waals surface area (Å²) in [5.41, 5.74) is 11.3. The summed E-state index contributed by atoms with van der Waals surface area (Å²) < 4.78 is 0. The van der Waals surface area contributed by atoms with Crippen molar-refractivity contribution >= 4 is 39.7 Å². The van der Waals surface area contributed by atoms with Gasteiger partial charge in [0.15, 0.2) is 5.13 Å². The largest absolute Gasteiger partial charge is 0.382 e. The van der Waals surface area contributed by atoms with Crippen molar-refractivity contribution in [3.8, 4) is 0 Å². The standard InChI is InChI=1S/C9H7ClN4OS/c10-7-4(2-1-3-13-7)5(15)6-8(11)14-9(12)16-6/h1-3H,11H2,(H2,12,14). The highest BCUT2D eigenvalue weighted by Crippen LogP contribution is 2.27. The van der Waals surface area contributed by atoms with Gasteiger partial charge in [0.25, 0.3) is 0 Å². The first-order valence-electron chi connectivity index (χ1n) is 4.26. The SMILES string of the molecule is Nc1nc(N)c(C(=O)c2cccnc2Cl)s1. The summed E-state index contributed by atoms with van der Waals surface area (Å²) in [6.07, 6.45) is 1.50. The number of carbonyl (C=O) groups excluding carboxylic acids is 1. The Morgan fingerprint density at radius 2 is 2.19 bits per heavy atom. The molecule has 0 atom stereocenters. The molecular formula is C9H7ClN4OS. The van der Waals surface area contributed by atoms with Gasteiger partial charge in [-0.1, -0.05) is 22.9 Å². The Balaban J connectivity index is 2.47. The van der Waals surface area contributed by atoms with Crippen molar-refractivity contribution in [3.05, 3.63) is 33.9 Å². The highest BCUT2D eigenvalue weighted by atomic mass is 35.5. The predicted molar refractivity (Wildman–Crippen MR) is 63.6 cm³/mol. The molecule has 0 radical (unpaired) electrons. The van der Waals surface area contributed by atoms with Crippen LogP contribution in [0.4, 0.5) is 10.9 Å². The summed E-state index contributed by atoms with van der Waals surface area (Å²) in [6.45, 7) is 0. The van der Waals surface area contributed by atoms with E-state index in [1.54, 1.807) is 12.1 Å². The molecule has 5 nitrogen and oxygen atoms in total. The minimum atomic E-state index is -0.315. The zero-order valence-electron chi connectivity index (χ0n) is 7.98. The smallest absolute Gasteiger partial charge is 0.209 e. The summed E-state index contributed by atoms with van der Waals surface area (Å²) >= 11 is 6.84. The van der Waals surface area contributed by atoms with Crippen molar-refractivity contribution in [1.29, 1.82) is 0 Å². The van der Waals surface area contributed by atoms with Gasteiger partial charge in [0.05, 0.1) is 5.56 Å². The molecule has 0 saturated heterocycles. The first-order chi connectivity index (χ1) is 7.59. The molecule has 0 aliphatic heterocycles. The maximum absolute atomic E-state index is 12.0. The van der Waals surface area contributed by atoms with E-state index in [1.807, 2.05) is 0 Å². The third kappa shape index (κ3) is 1.84. The number of nitrogens with zero attached hydrogens (tertiary/aromatic N) is 2. The van der Waals surface area contributed by atoms with E-state index in [9.17, 15) is 4.79 Å². The predicted octanol–water partition coefficient (Wildman–Crippen LogP) is 1.59. The molecule has 2 heterocycles. The number of nitrogens with two attached hydrogens (primary N) is 2. The Morgan fingerprint density at radius 3 is 2.75 bits per heavy atom. The molecule has 0 bridgehead atoms. The molecule has 0 aliphatic rings. The number of pyridine rings is 1. The second kappa shape index (κ2) is 4.07. The number of aromatic nitrogens is 2. The molecule has 0 saturated carbocycles. The van der Waals surface area contributed by atoms with Crippen LogP contribution in [0.25, 0.3) is 0 Å². The summed E-state index contributed by atoms with van der Waals surface area (Å²) in [5.74, 6) is -0.197. The third-order valence-corrected chi connectivity index (χ3v) is 3.08. The van der Waals surface area contributed by atoms with E-state index < -0.39 is 0 Å². The molecule has 2 aromatic rings. The van der Waals surface area contributed by atoms with Crippen LogP contribution in [0.1, 0.15) is 15.2 Å². The van der Waals surface area contributed by atoms with Crippen molar-refractivity contribution in [2.24, 2.45) is 0 Å². The van der Waals surface area contributed by atoms with Gasteiger partial charge in [-0.05, 0) is 12.1 Å². The van der Waals surface area contributed by atoms with Gasteiger partial charge in [0, 0.05) is 6.20 Å². The van der Waals surface area contributed by atoms with Crippen LogP contribution in [0.15, 0.2) is 18.3 Å². The lowest BCUT2D eigenvalue weighted by Crippen LogP contribution is -2.04. The topological polar surface area (TPSA) is 94.9 Å². The zero-order chi connectivity index (χ0) is 11.7. The van der Waals surface area contributed by atoms with Gasteiger partial charge in [-0.3, -0.25) is 4.79 Å². The molecular weight excluding hydrogens is 248 g/mol. The Hall–Kier alpha value is -1.66. The van der Waals surface area contributed by atoms with Crippen LogP contribution in [-0.2, 0) is 0 Å². The number of anilines is 2. The third-order valence-electron chi connectivity index (χ3n) is 1.88. The number of hydrogen-bond acceptors (Lipinski definition) is 6. The minimum absolute atomic E-state index is 0.118. The van der Waals surface area contributed by atoms with E-state index in [4.69, 9.17) is 23.1 Å². The lowest BCUT2D eigenvalue weighted by Gasteiger charge is -1.99. The Bertz CT molecular complexity index is 554. The van der Waals surface area contributed by atoms with Gasteiger partial charge in [-0.15, -0.1) is 0 Å². The number of nitrogen functional groups attached to an aromatic ring is 2. The first-order valence-corrected chi connectivity index (χ1v) is 5.46. The maximum atomic E-state index is 12.0. The van der Waals surface area contributed by atoms with E-state index in [-0.39, 0.29) is 26.8 Å². The summed E-state index contributed by atoms with van der Waals surface area (Å²) in [4.78, 5) is 19.9. The highest BCUT2D eigenvalue weighted by molar-refractivity contribution is 7.18. The molecule has 0 spiro atoms. The van der Waals surface area contributed by atoms with E-state index in [2.05, 4.69) is 9.97 Å². The number of hydrogen-bond donors (Lipinski definition) is 2. The van der Waals surface area contributed by atoms with Crippen LogP contribution in [0.3, 0.4) is 0 Å². The molecule has 4 N–H and O–H groups in total. The number of rotatable bonds is 2. The van der Waals surface area contributed by atoms with Crippen LogP contribution < -0.4 is 11.5 Å². The van der Waals surface area contributed by atoms with E-state index >= 15 is 0 Å². The number of ketones is 1. The molecule has 0 aliphatic carbocycles. The van der Waals surface area contributed by atoms with Crippen molar-refractivity contribution in [1.82, 2.24) is 9.97 Å². The van der Waals surface area contributed by atoms with Crippen molar-refractivity contribution in [3.63, 3.8) is 0 Å². The van der Waals surface area contributed by atoms with Gasteiger partial charge in [-0.25, -0.2) is 9.97 Å². The quantitative estimate of drug-likeness (QED) is 0.627. The van der Waals surface area contributed by atoms with Crippen LogP contribution in [0.5, 0.6) is 0 Å². The lowest BCUT2D eigenvalue weighted by atomic mass is 10.1. The fourth-order valence-corrected chi connectivity index (χ4v) is 2.10. The number of carbonyl (C=O) groups is 1. The second-order valence-corrected chi connectivity index (χ2v) is 4.33. The van der Waals surface area contributed by atoms with Gasteiger partial charge in [-0.2, -0.15) is 0 Å². The fourth-order valence-electron chi connectivity index (χ4n) is 1.19. The minimum Gasteiger partial charge on any atom is -0.382 e. The van der Waals surface area contributed by atoms with Crippen LogP contribution in [0, 0.1) is 0 Å². The van der Waals surface area contributed by atoms with Crippen LogP contribution >= 0.6 is 22.9 Å². The van der Waals surface area contributed by atoms with E-state index in [1.165, 1.54) is 6.20 Å². The molecule has 0 unspecified atom stereocenters. The van der Waals surface area contributed by atoms with Crippen LogP contribution in [-0.4, -0.2) is 15.8 Å². The monoisotopic (exact) mass is 254 g/mol. The Kier molecular flexibility index (Phi) is 2.76. The molecule has 2 rings (SSSR count). The molecule has 2 aromatic heterocycles. The normalized spacial score (nSPS) is 10.3. The molecule has 0 amide bonds. The molecule has 0 aromatic carbocycles. The van der Waals surface area contributed by atoms with Gasteiger partial charge in [0.2, 0.25) is 5.78 Å². The Labute approximate surface area is 100 Å². The van der Waals surface area contributed by atoms with Crippen molar-refractivity contribution < 1.29 is 4.79 Å². The zero-order valence-corrected chi connectivity index (χ0v) is 9.55. The van der Waals surface area contributed by atoms with Crippen molar-refractivity contribution in [2.75, 3.05) is 11.5 Å². The summed E-state index contributed by atoms with van der Waals surface area (Å²) in [6, 6.07) is 3.20. The number of thiazole rings is 1. The van der Waals surface area contributed by atoms with Gasteiger partial charge >= 0.3 is 0 Å². The van der Waals surface area contributed by atoms with E-state index in [0.29, 0.717) is 5.56 Å². The molecule has 16 heavy (non-hydrogen) atoms. The average molecular weight is 255 g/mol. The van der Waals surface area contributed by atoms with Gasteiger partial charge < -0.3 is 11.5 Å². The Morgan fingerprint density at radius 1 is 1.44 bits per heavy atom. The molecule has 0 fully saturated rings. The van der Waals surface area contributed by atoms with E-state index in [0.717, 1.165) is 11.3 Å². The number of halogens is 1. The highest BCUT2D eigenvalue weighted by Gasteiger charge is 2.19. The van der Waals surface area contributed by atoms with Gasteiger partial charge in [0.1, 0.15) is 15.8 Å². The summed E-state index contributed by atoms with van der Waals surface area (Å²) in [5, 5.41) is 0.389. The summed E-state index contributed by atoms with van der Waals surface area (Å²) in [7, 11) is 0. The van der Waals surface area contributed by atoms with Crippen LogP contribution in [0.2, 0.25) is 5.15 Å². The fraction of sp³-hybridized carbons (Fsp3) is 0. The molecule has 7 heteroatoms. The lowest BCUT2D eigenvalue weighted by molar-refractivity contribution is 0.104. The second-order valence-electron chi connectivity index (χ2n) is 2.94. The molecule has 82 valence electrons. The maximum Gasteiger partial charge on any atom is 0.209 e. The van der Waals surface area contributed by atoms with Crippen molar-refractivity contribution in [2.45, 2.75) is 0 Å². The average Bonchev–Trinajstić information content (AvgIpc) is 2.58. The first kappa shape index (κ1) is 10.8.